The molecule has 4 heteroatoms. The molecule has 0 aliphatic carbocycles. The summed E-state index contributed by atoms with van der Waals surface area (Å²) in [4.78, 5) is 13.0. The van der Waals surface area contributed by atoms with Crippen LogP contribution in [0.3, 0.4) is 0 Å². The van der Waals surface area contributed by atoms with E-state index in [9.17, 15) is 4.79 Å². The van der Waals surface area contributed by atoms with E-state index in [2.05, 4.69) is 13.8 Å². The van der Waals surface area contributed by atoms with Gasteiger partial charge in [0.2, 0.25) is 0 Å². The smallest absolute Gasteiger partial charge is 0.319 e. The van der Waals surface area contributed by atoms with E-state index in [-0.39, 0.29) is 11.2 Å². The molecular formula is C11H18O2S2. The van der Waals surface area contributed by atoms with Gasteiger partial charge in [-0.1, -0.05) is 5.57 Å². The van der Waals surface area contributed by atoms with Gasteiger partial charge in [0.05, 0.1) is 6.61 Å². The molecule has 86 valence electrons. The van der Waals surface area contributed by atoms with Crippen LogP contribution in [0.25, 0.3) is 0 Å². The minimum atomic E-state index is -0.0541. The molecule has 1 heterocycles. The average molecular weight is 246 g/mol. The van der Waals surface area contributed by atoms with Crippen molar-refractivity contribution < 1.29 is 9.53 Å². The number of hydrogen-bond donors (Lipinski definition) is 0. The number of rotatable bonds is 2. The van der Waals surface area contributed by atoms with Crippen molar-refractivity contribution in [3.63, 3.8) is 0 Å². The maximum Gasteiger partial charge on any atom is 0.319 e. The van der Waals surface area contributed by atoms with Crippen LogP contribution < -0.4 is 0 Å². The van der Waals surface area contributed by atoms with E-state index in [0.717, 1.165) is 17.9 Å². The predicted octanol–water partition coefficient (Wildman–Crippen LogP) is 3.08. The van der Waals surface area contributed by atoms with Crippen molar-refractivity contribution in [3.05, 3.63) is 10.5 Å². The Morgan fingerprint density at radius 3 is 2.87 bits per heavy atom. The zero-order chi connectivity index (χ0) is 11.3. The molecular weight excluding hydrogens is 228 g/mol. The van der Waals surface area contributed by atoms with Crippen molar-refractivity contribution in [1.29, 1.82) is 0 Å². The second-order valence-electron chi connectivity index (χ2n) is 3.50. The Hall–Kier alpha value is -0.0900. The number of carbonyl (C=O) groups excluding carboxylic acids is 1. The molecule has 0 N–H and O–H groups in total. The molecule has 0 saturated carbocycles. The van der Waals surface area contributed by atoms with Gasteiger partial charge in [0.1, 0.15) is 5.25 Å². The van der Waals surface area contributed by atoms with Gasteiger partial charge < -0.3 is 4.74 Å². The first-order valence-electron chi connectivity index (χ1n) is 5.22. The zero-order valence-corrected chi connectivity index (χ0v) is 11.2. The summed E-state index contributed by atoms with van der Waals surface area (Å²) in [6.45, 7) is 6.58. The molecule has 1 unspecified atom stereocenters. The third-order valence-corrected chi connectivity index (χ3v) is 5.01. The summed E-state index contributed by atoms with van der Waals surface area (Å²) >= 11 is 3.62. The van der Waals surface area contributed by atoms with Crippen LogP contribution in [0.4, 0.5) is 0 Å². The monoisotopic (exact) mass is 246 g/mol. The van der Waals surface area contributed by atoms with Gasteiger partial charge in [-0.05, 0) is 32.1 Å². The maximum atomic E-state index is 11.6. The lowest BCUT2D eigenvalue weighted by molar-refractivity contribution is -0.142. The number of allylic oxidation sites excluding steroid dienone is 2. The summed E-state index contributed by atoms with van der Waals surface area (Å²) in [6, 6.07) is 0. The summed E-state index contributed by atoms with van der Waals surface area (Å²) in [5.74, 6) is 2.06. The van der Waals surface area contributed by atoms with Gasteiger partial charge in [-0.15, -0.1) is 23.5 Å². The van der Waals surface area contributed by atoms with E-state index in [1.165, 1.54) is 10.5 Å². The van der Waals surface area contributed by atoms with E-state index >= 15 is 0 Å². The molecule has 0 radical (unpaired) electrons. The molecule has 0 aromatic heterocycles. The second kappa shape index (κ2) is 6.48. The summed E-state index contributed by atoms with van der Waals surface area (Å²) in [5.41, 5.74) is 1.32. The molecule has 1 aliphatic rings. The highest BCUT2D eigenvalue weighted by Crippen LogP contribution is 2.31. The first-order valence-corrected chi connectivity index (χ1v) is 7.26. The Labute approximate surface area is 100 Å². The molecule has 1 aliphatic heterocycles. The topological polar surface area (TPSA) is 26.3 Å². The Morgan fingerprint density at radius 2 is 2.20 bits per heavy atom. The van der Waals surface area contributed by atoms with Crippen LogP contribution in [0, 0.1) is 0 Å². The zero-order valence-electron chi connectivity index (χ0n) is 9.54. The molecule has 0 fully saturated rings. The molecule has 1 rings (SSSR count). The van der Waals surface area contributed by atoms with Gasteiger partial charge in [-0.3, -0.25) is 4.79 Å². The highest BCUT2D eigenvalue weighted by molar-refractivity contribution is 8.05. The van der Waals surface area contributed by atoms with E-state index < -0.39 is 0 Å². The van der Waals surface area contributed by atoms with Gasteiger partial charge in [0, 0.05) is 11.5 Å². The lowest BCUT2D eigenvalue weighted by Crippen LogP contribution is -2.22. The van der Waals surface area contributed by atoms with Gasteiger partial charge in [0.15, 0.2) is 0 Å². The van der Waals surface area contributed by atoms with Crippen LogP contribution in [-0.2, 0) is 9.53 Å². The van der Waals surface area contributed by atoms with Gasteiger partial charge in [-0.2, -0.15) is 0 Å². The average Bonchev–Trinajstić information content (AvgIpc) is 2.19. The fourth-order valence-corrected chi connectivity index (χ4v) is 3.59. The summed E-state index contributed by atoms with van der Waals surface area (Å²) in [6.07, 6.45) is 0.836. The van der Waals surface area contributed by atoms with Crippen LogP contribution in [0.5, 0.6) is 0 Å². The van der Waals surface area contributed by atoms with Crippen LogP contribution in [0.15, 0.2) is 10.5 Å². The molecule has 0 amide bonds. The van der Waals surface area contributed by atoms with Crippen LogP contribution in [0.1, 0.15) is 27.2 Å². The lowest BCUT2D eigenvalue weighted by atomic mass is 10.1. The molecule has 2 nitrogen and oxygen atoms in total. The van der Waals surface area contributed by atoms with E-state index in [0.29, 0.717) is 6.61 Å². The molecule has 0 aromatic carbocycles. The van der Waals surface area contributed by atoms with E-state index in [1.807, 2.05) is 18.7 Å². The normalized spacial score (nSPS) is 23.3. The molecule has 0 saturated heterocycles. The molecule has 0 bridgehead atoms. The number of hydrogen-bond acceptors (Lipinski definition) is 4. The lowest BCUT2D eigenvalue weighted by Gasteiger charge is -2.19. The minimum Gasteiger partial charge on any atom is -0.465 e. The number of ether oxygens (including phenoxy) is 1. The van der Waals surface area contributed by atoms with Crippen molar-refractivity contribution in [3.8, 4) is 0 Å². The first kappa shape index (κ1) is 13.0. The molecule has 1 atom stereocenters. The summed E-state index contributed by atoms with van der Waals surface area (Å²) in [7, 11) is 0. The van der Waals surface area contributed by atoms with Crippen LogP contribution in [-0.4, -0.2) is 29.3 Å². The number of carbonyl (C=O) groups is 1. The second-order valence-corrected chi connectivity index (χ2v) is 6.12. The number of esters is 1. The Bertz CT molecular complexity index is 261. The highest BCUT2D eigenvalue weighted by Gasteiger charge is 2.22. The van der Waals surface area contributed by atoms with E-state index in [4.69, 9.17) is 4.74 Å². The summed E-state index contributed by atoms with van der Waals surface area (Å²) < 4.78 is 5.07. The minimum absolute atomic E-state index is 0.000741. The Balaban J connectivity index is 2.64. The van der Waals surface area contributed by atoms with Crippen molar-refractivity contribution in [2.75, 3.05) is 18.1 Å². The van der Waals surface area contributed by atoms with Gasteiger partial charge in [0.25, 0.3) is 0 Å². The fraction of sp³-hybridized carbons (Fsp3) is 0.727. The van der Waals surface area contributed by atoms with Crippen molar-refractivity contribution >= 4 is 29.5 Å². The van der Waals surface area contributed by atoms with Crippen LogP contribution in [0.2, 0.25) is 0 Å². The predicted molar refractivity (Wildman–Crippen MR) is 68.3 cm³/mol. The largest absolute Gasteiger partial charge is 0.465 e. The van der Waals surface area contributed by atoms with E-state index in [1.54, 1.807) is 11.8 Å². The third-order valence-electron chi connectivity index (χ3n) is 2.36. The quantitative estimate of drug-likeness (QED) is 0.699. The van der Waals surface area contributed by atoms with Gasteiger partial charge >= 0.3 is 5.97 Å². The van der Waals surface area contributed by atoms with Crippen LogP contribution >= 0.6 is 23.5 Å². The van der Waals surface area contributed by atoms with Crippen molar-refractivity contribution in [2.24, 2.45) is 0 Å². The van der Waals surface area contributed by atoms with Crippen molar-refractivity contribution in [2.45, 2.75) is 32.4 Å². The molecule has 15 heavy (non-hydrogen) atoms. The molecule has 0 spiro atoms. The summed E-state index contributed by atoms with van der Waals surface area (Å²) in [5, 5.41) is 0.000741. The van der Waals surface area contributed by atoms with Crippen molar-refractivity contribution in [1.82, 2.24) is 0 Å². The fourth-order valence-electron chi connectivity index (χ4n) is 1.38. The standard InChI is InChI=1S/C11H18O2S2/c1-4-13-11(12)10-7-8(2)9(3)14-5-6-15-10/h10H,4-7H2,1-3H3. The first-order chi connectivity index (χ1) is 7.15. The highest BCUT2D eigenvalue weighted by atomic mass is 32.2. The maximum absolute atomic E-state index is 11.6. The third kappa shape index (κ3) is 4.11. The Morgan fingerprint density at radius 1 is 1.47 bits per heavy atom. The Kier molecular flexibility index (Phi) is 5.61. The van der Waals surface area contributed by atoms with Gasteiger partial charge in [-0.25, -0.2) is 0 Å². The SMILES string of the molecule is CCOC(=O)C1CC(C)=C(C)SCCS1. The number of thioether (sulfide) groups is 2. The molecule has 0 aromatic rings.